The van der Waals surface area contributed by atoms with E-state index < -0.39 is 28.6 Å². The molecule has 1 aromatic carbocycles. The molecule has 2 amide bonds. The van der Waals surface area contributed by atoms with Gasteiger partial charge in [0.2, 0.25) is 5.91 Å². The Hall–Kier alpha value is -1.81. The molecular formula is C28H34BrClN2O5S. The zero-order valence-electron chi connectivity index (χ0n) is 21.5. The van der Waals surface area contributed by atoms with Crippen LogP contribution in [0.15, 0.2) is 43.5 Å². The molecule has 3 aliphatic rings. The second-order valence-electron chi connectivity index (χ2n) is 10.0. The van der Waals surface area contributed by atoms with Gasteiger partial charge in [0.15, 0.2) is 0 Å². The molecule has 3 heterocycles. The van der Waals surface area contributed by atoms with Crippen LogP contribution in [0.2, 0.25) is 5.02 Å². The third-order valence-corrected chi connectivity index (χ3v) is 11.2. The number of likely N-dealkylation sites (tertiary alicyclic amines) is 1. The van der Waals surface area contributed by atoms with E-state index in [0.717, 1.165) is 5.56 Å². The van der Waals surface area contributed by atoms with Gasteiger partial charge in [-0.05, 0) is 44.2 Å². The van der Waals surface area contributed by atoms with Crippen LogP contribution in [0.4, 0.5) is 5.69 Å². The number of halogens is 2. The minimum absolute atomic E-state index is 0.00479. The van der Waals surface area contributed by atoms with Gasteiger partial charge in [0.05, 0.1) is 33.9 Å². The lowest BCUT2D eigenvalue weighted by Gasteiger charge is -2.38. The Kier molecular flexibility index (Phi) is 9.33. The summed E-state index contributed by atoms with van der Waals surface area (Å²) >= 11 is 11.9. The molecule has 2 bridgehead atoms. The molecule has 3 fully saturated rings. The number of nitrogens with zero attached hydrogens (tertiary/aromatic N) is 2. The number of para-hydroxylation sites is 1. The molecule has 4 rings (SSSR count). The van der Waals surface area contributed by atoms with Crippen LogP contribution in [-0.2, 0) is 19.1 Å². The van der Waals surface area contributed by atoms with Gasteiger partial charge in [0.1, 0.15) is 6.04 Å². The highest BCUT2D eigenvalue weighted by atomic mass is 79.9. The molecular weight excluding hydrogens is 592 g/mol. The summed E-state index contributed by atoms with van der Waals surface area (Å²) in [6.07, 6.45) is 5.48. The molecule has 206 valence electrons. The van der Waals surface area contributed by atoms with Gasteiger partial charge in [-0.3, -0.25) is 14.4 Å². The average molecular weight is 626 g/mol. The molecule has 6 atom stereocenters. The number of aliphatic hydroxyl groups is 1. The summed E-state index contributed by atoms with van der Waals surface area (Å²) in [6.45, 7) is 10.2. The number of fused-ring (bicyclic) bond motifs is 1. The van der Waals surface area contributed by atoms with E-state index in [0.29, 0.717) is 42.9 Å². The average Bonchev–Trinajstić information content (AvgIpc) is 3.47. The van der Waals surface area contributed by atoms with Crippen molar-refractivity contribution in [3.05, 3.63) is 54.1 Å². The summed E-state index contributed by atoms with van der Waals surface area (Å²) in [6, 6.07) is 4.67. The van der Waals surface area contributed by atoms with E-state index in [4.69, 9.17) is 16.3 Å². The van der Waals surface area contributed by atoms with E-state index in [9.17, 15) is 19.5 Å². The van der Waals surface area contributed by atoms with Crippen molar-refractivity contribution in [2.24, 2.45) is 11.8 Å². The maximum Gasteiger partial charge on any atom is 0.310 e. The van der Waals surface area contributed by atoms with Crippen LogP contribution in [0.25, 0.3) is 0 Å². The topological polar surface area (TPSA) is 87.1 Å². The molecule has 10 heteroatoms. The number of ether oxygens (including phenoxy) is 1. The lowest BCUT2D eigenvalue weighted by atomic mass is 9.71. The molecule has 7 nitrogen and oxygen atoms in total. The Labute approximate surface area is 241 Å². The summed E-state index contributed by atoms with van der Waals surface area (Å²) in [4.78, 5) is 45.2. The highest BCUT2D eigenvalue weighted by Crippen LogP contribution is 2.68. The van der Waals surface area contributed by atoms with Crippen molar-refractivity contribution in [3.8, 4) is 0 Å². The normalized spacial score (nSPS) is 29.3. The number of aryl methyl sites for hydroxylation is 1. The molecule has 3 unspecified atom stereocenters. The zero-order chi connectivity index (χ0) is 27.6. The Morgan fingerprint density at radius 1 is 1.34 bits per heavy atom. The van der Waals surface area contributed by atoms with Crippen molar-refractivity contribution < 1.29 is 24.2 Å². The van der Waals surface area contributed by atoms with Crippen molar-refractivity contribution in [2.75, 3.05) is 31.2 Å². The molecule has 1 N–H and O–H groups in total. The van der Waals surface area contributed by atoms with Crippen molar-refractivity contribution >= 4 is 62.8 Å². The summed E-state index contributed by atoms with van der Waals surface area (Å²) in [5, 5.41) is 9.65. The Balaban J connectivity index is 1.77. The molecule has 38 heavy (non-hydrogen) atoms. The molecule has 0 saturated carbocycles. The monoisotopic (exact) mass is 624 g/mol. The zero-order valence-corrected chi connectivity index (χ0v) is 24.6. The van der Waals surface area contributed by atoms with Gasteiger partial charge in [-0.2, -0.15) is 0 Å². The molecule has 1 aromatic rings. The number of thioether (sulfide) groups is 1. The largest absolute Gasteiger partial charge is 0.465 e. The van der Waals surface area contributed by atoms with E-state index in [-0.39, 0.29) is 41.6 Å². The van der Waals surface area contributed by atoms with Crippen LogP contribution in [0, 0.1) is 18.8 Å². The van der Waals surface area contributed by atoms with E-state index in [2.05, 4.69) is 29.1 Å². The second-order valence-corrected chi connectivity index (χ2v) is 13.1. The summed E-state index contributed by atoms with van der Waals surface area (Å²) < 4.78 is 4.77. The molecule has 3 saturated heterocycles. The molecule has 0 aromatic heterocycles. The summed E-state index contributed by atoms with van der Waals surface area (Å²) in [5.74, 6) is -2.15. The number of aliphatic hydroxyl groups excluding tert-OH is 1. The van der Waals surface area contributed by atoms with Gasteiger partial charge in [-0.25, -0.2) is 0 Å². The predicted octanol–water partition coefficient (Wildman–Crippen LogP) is 4.52. The van der Waals surface area contributed by atoms with Gasteiger partial charge >= 0.3 is 5.97 Å². The van der Waals surface area contributed by atoms with Crippen LogP contribution in [-0.4, -0.2) is 75.0 Å². The fourth-order valence-electron chi connectivity index (χ4n) is 6.18. The number of esters is 1. The first-order chi connectivity index (χ1) is 18.2. The number of alkyl halides is 1. The quantitative estimate of drug-likeness (QED) is 0.159. The third kappa shape index (κ3) is 4.95. The fourth-order valence-corrected chi connectivity index (χ4v) is 10.1. The third-order valence-electron chi connectivity index (χ3n) is 7.70. The van der Waals surface area contributed by atoms with Crippen LogP contribution in [0.5, 0.6) is 0 Å². The van der Waals surface area contributed by atoms with E-state index in [1.165, 1.54) is 0 Å². The molecule has 1 spiro atoms. The van der Waals surface area contributed by atoms with Crippen LogP contribution < -0.4 is 4.90 Å². The Morgan fingerprint density at radius 3 is 2.76 bits per heavy atom. The van der Waals surface area contributed by atoms with Crippen molar-refractivity contribution in [1.82, 2.24) is 4.90 Å². The van der Waals surface area contributed by atoms with Gasteiger partial charge in [0, 0.05) is 29.8 Å². The second kappa shape index (κ2) is 12.1. The minimum Gasteiger partial charge on any atom is -0.465 e. The lowest BCUT2D eigenvalue weighted by molar-refractivity contribution is -0.154. The predicted molar refractivity (Wildman–Crippen MR) is 155 cm³/mol. The number of rotatable bonds is 12. The standard InChI is InChI=1S/C28H34BrClN2O5S/c1-4-6-15-37-27(36)20-21-25(34)32(13-7-8-14-33)24(28(21)16-18(29)23(20)38-28)26(35)31(12-5-2)22-17(3)10-9-11-19(22)30/h4-5,9-11,18,20-21,23-24,33H,1-2,6-8,12-16H2,3H3/t18?,20-,21-,23-,24?,28?/m0/s1. The number of amides is 2. The van der Waals surface area contributed by atoms with E-state index >= 15 is 0 Å². The van der Waals surface area contributed by atoms with E-state index in [1.807, 2.05) is 19.1 Å². The van der Waals surface area contributed by atoms with Crippen molar-refractivity contribution in [2.45, 2.75) is 53.5 Å². The summed E-state index contributed by atoms with van der Waals surface area (Å²) in [7, 11) is 0. The maximum absolute atomic E-state index is 14.6. The van der Waals surface area contributed by atoms with Crippen molar-refractivity contribution in [1.29, 1.82) is 0 Å². The first kappa shape index (κ1) is 29.2. The van der Waals surface area contributed by atoms with Crippen LogP contribution >= 0.6 is 39.3 Å². The molecule has 0 radical (unpaired) electrons. The SMILES string of the molecule is C=CCCOC(=O)[C@H]1[C@H]2C(=O)N(CCCCO)C(C(=O)N(CC=C)c3c(C)cccc3Cl)C23CC(Br)[C@@H]1S3. The highest BCUT2D eigenvalue weighted by molar-refractivity contribution is 9.09. The number of benzene rings is 1. The van der Waals surface area contributed by atoms with Crippen molar-refractivity contribution in [3.63, 3.8) is 0 Å². The Morgan fingerprint density at radius 2 is 2.11 bits per heavy atom. The summed E-state index contributed by atoms with van der Waals surface area (Å²) in [5.41, 5.74) is 1.43. The smallest absolute Gasteiger partial charge is 0.310 e. The number of unbranched alkanes of at least 4 members (excludes halogenated alkanes) is 1. The fraction of sp³-hybridized carbons (Fsp3) is 0.536. The van der Waals surface area contributed by atoms with Gasteiger partial charge in [0.25, 0.3) is 5.91 Å². The number of carbonyl (C=O) groups is 3. The minimum atomic E-state index is -0.796. The van der Waals surface area contributed by atoms with Gasteiger partial charge in [-0.1, -0.05) is 51.8 Å². The Bertz CT molecular complexity index is 1100. The maximum atomic E-state index is 14.6. The van der Waals surface area contributed by atoms with Gasteiger partial charge in [-0.15, -0.1) is 24.9 Å². The number of carbonyl (C=O) groups excluding carboxylic acids is 3. The lowest BCUT2D eigenvalue weighted by Crippen LogP contribution is -2.55. The first-order valence-corrected chi connectivity index (χ1v) is 15.1. The molecule has 3 aliphatic heterocycles. The highest BCUT2D eigenvalue weighted by Gasteiger charge is 2.76. The van der Waals surface area contributed by atoms with Crippen LogP contribution in [0.1, 0.15) is 31.2 Å². The number of hydrogen-bond donors (Lipinski definition) is 1. The van der Waals surface area contributed by atoms with Gasteiger partial charge < -0.3 is 19.6 Å². The molecule has 0 aliphatic carbocycles. The number of anilines is 1. The van der Waals surface area contributed by atoms with E-state index in [1.54, 1.807) is 39.8 Å². The van der Waals surface area contributed by atoms with Crippen LogP contribution in [0.3, 0.4) is 0 Å². The number of hydrogen-bond acceptors (Lipinski definition) is 6. The first-order valence-electron chi connectivity index (χ1n) is 12.9.